The molecule has 1 unspecified atom stereocenters. The molecule has 0 fully saturated rings. The first-order valence-corrected chi connectivity index (χ1v) is 10.5. The minimum absolute atomic E-state index is 0.220. The molecule has 0 N–H and O–H groups in total. The van der Waals surface area contributed by atoms with Gasteiger partial charge >= 0.3 is 5.97 Å². The van der Waals surface area contributed by atoms with Crippen LogP contribution in [0.4, 0.5) is 0 Å². The van der Waals surface area contributed by atoms with Gasteiger partial charge in [-0.3, -0.25) is 9.36 Å². The molecule has 0 radical (unpaired) electrons. The monoisotopic (exact) mass is 422 g/mol. The maximum absolute atomic E-state index is 13.3. The Morgan fingerprint density at radius 2 is 2.00 bits per heavy atom. The van der Waals surface area contributed by atoms with E-state index < -0.39 is 12.0 Å². The predicted molar refractivity (Wildman–Crippen MR) is 115 cm³/mol. The second kappa shape index (κ2) is 7.91. The van der Waals surface area contributed by atoms with Gasteiger partial charge in [-0.25, -0.2) is 9.79 Å². The van der Waals surface area contributed by atoms with Crippen LogP contribution in [0.3, 0.4) is 0 Å². The molecule has 0 spiro atoms. The first-order chi connectivity index (χ1) is 14.4. The normalized spacial score (nSPS) is 16.6. The quantitative estimate of drug-likeness (QED) is 0.606. The fraction of sp³-hybridized carbons (Fsp3) is 0.261. The lowest BCUT2D eigenvalue weighted by Gasteiger charge is -2.24. The Bertz CT molecular complexity index is 1290. The van der Waals surface area contributed by atoms with E-state index in [0.717, 1.165) is 5.56 Å². The number of benzene rings is 1. The number of furan rings is 1. The number of aromatic nitrogens is 1. The number of thiazole rings is 1. The Morgan fingerprint density at radius 1 is 1.27 bits per heavy atom. The lowest BCUT2D eigenvalue weighted by Crippen LogP contribution is -2.39. The van der Waals surface area contributed by atoms with E-state index >= 15 is 0 Å². The van der Waals surface area contributed by atoms with Gasteiger partial charge in [-0.1, -0.05) is 49.4 Å². The highest BCUT2D eigenvalue weighted by molar-refractivity contribution is 7.07. The van der Waals surface area contributed by atoms with Gasteiger partial charge in [0.15, 0.2) is 4.80 Å². The van der Waals surface area contributed by atoms with Crippen LogP contribution in [-0.2, 0) is 9.53 Å². The summed E-state index contributed by atoms with van der Waals surface area (Å²) in [5, 5.41) is 0. The molecule has 0 amide bonds. The summed E-state index contributed by atoms with van der Waals surface area (Å²) in [4.78, 5) is 31.1. The average Bonchev–Trinajstić information content (AvgIpc) is 3.35. The van der Waals surface area contributed by atoms with Gasteiger partial charge in [0.25, 0.3) is 5.56 Å². The largest absolute Gasteiger partial charge is 0.466 e. The maximum atomic E-state index is 13.3. The summed E-state index contributed by atoms with van der Waals surface area (Å²) >= 11 is 1.27. The number of hydrogen-bond donors (Lipinski definition) is 0. The van der Waals surface area contributed by atoms with Crippen molar-refractivity contribution in [2.45, 2.75) is 32.7 Å². The number of ether oxygens (including phenoxy) is 1. The van der Waals surface area contributed by atoms with Crippen LogP contribution in [0.2, 0.25) is 0 Å². The first-order valence-electron chi connectivity index (χ1n) is 9.65. The zero-order chi connectivity index (χ0) is 21.4. The minimum Gasteiger partial charge on any atom is -0.466 e. The molecular formula is C23H22N2O4S. The standard InChI is InChI=1S/C23H22N2O4S/c1-13(2)15-7-9-16(10-8-15)20-19(22(27)28-4)14(3)24-23-25(20)21(26)18(30-23)12-17-6-5-11-29-17/h5-13,20H,1-4H3/b18-12-. The minimum atomic E-state index is -0.603. The fourth-order valence-corrected chi connectivity index (χ4v) is 4.60. The Balaban J connectivity index is 1.95. The number of allylic oxidation sites excluding steroid dienone is 1. The molecule has 0 aliphatic carbocycles. The molecule has 4 rings (SSSR count). The van der Waals surface area contributed by atoms with E-state index in [2.05, 4.69) is 18.8 Å². The third-order valence-corrected chi connectivity index (χ3v) is 6.15. The number of nitrogens with zero attached hydrogens (tertiary/aromatic N) is 2. The zero-order valence-corrected chi connectivity index (χ0v) is 18.0. The zero-order valence-electron chi connectivity index (χ0n) is 17.2. The van der Waals surface area contributed by atoms with Crippen molar-refractivity contribution in [3.8, 4) is 0 Å². The number of esters is 1. The van der Waals surface area contributed by atoms with Gasteiger partial charge in [0.05, 0.1) is 35.2 Å². The van der Waals surface area contributed by atoms with Gasteiger partial charge in [-0.15, -0.1) is 0 Å². The summed E-state index contributed by atoms with van der Waals surface area (Å²) in [5.74, 6) is 0.475. The van der Waals surface area contributed by atoms with Gasteiger partial charge < -0.3 is 9.15 Å². The molecule has 7 heteroatoms. The molecule has 1 atom stereocenters. The summed E-state index contributed by atoms with van der Waals surface area (Å²) in [5.41, 5.74) is 2.71. The Labute approximate surface area is 177 Å². The maximum Gasteiger partial charge on any atom is 0.338 e. The van der Waals surface area contributed by atoms with E-state index in [-0.39, 0.29) is 5.56 Å². The summed E-state index contributed by atoms with van der Waals surface area (Å²) in [7, 11) is 1.34. The number of carbonyl (C=O) groups is 1. The Hall–Kier alpha value is -3.19. The SMILES string of the molecule is COC(=O)C1=C(C)N=c2s/c(=C\c3ccco3)c(=O)n2C1c1ccc(C(C)C)cc1. The van der Waals surface area contributed by atoms with Crippen LogP contribution in [0, 0.1) is 0 Å². The lowest BCUT2D eigenvalue weighted by molar-refractivity contribution is -0.136. The molecule has 1 aromatic carbocycles. The smallest absolute Gasteiger partial charge is 0.338 e. The number of fused-ring (bicyclic) bond motifs is 1. The van der Waals surface area contributed by atoms with E-state index in [4.69, 9.17) is 9.15 Å². The van der Waals surface area contributed by atoms with Gasteiger partial charge in [-0.05, 0) is 36.1 Å². The van der Waals surface area contributed by atoms with Crippen molar-refractivity contribution in [2.75, 3.05) is 7.11 Å². The summed E-state index contributed by atoms with van der Waals surface area (Å²) in [6.45, 7) is 6.01. The van der Waals surface area contributed by atoms with E-state index in [9.17, 15) is 9.59 Å². The molecule has 154 valence electrons. The van der Waals surface area contributed by atoms with E-state index in [1.165, 1.54) is 24.0 Å². The van der Waals surface area contributed by atoms with Crippen molar-refractivity contribution in [1.29, 1.82) is 0 Å². The van der Waals surface area contributed by atoms with E-state index in [1.54, 1.807) is 36.0 Å². The second-order valence-corrected chi connectivity index (χ2v) is 8.42. The number of rotatable bonds is 4. The van der Waals surface area contributed by atoms with Crippen molar-refractivity contribution < 1.29 is 13.9 Å². The first kappa shape index (κ1) is 20.1. The summed E-state index contributed by atoms with van der Waals surface area (Å²) < 4.78 is 12.5. The van der Waals surface area contributed by atoms with Crippen LogP contribution in [0.1, 0.15) is 49.6 Å². The molecule has 0 saturated carbocycles. The molecule has 30 heavy (non-hydrogen) atoms. The molecular weight excluding hydrogens is 400 g/mol. The van der Waals surface area contributed by atoms with Crippen molar-refractivity contribution in [3.05, 3.63) is 90.5 Å². The molecule has 3 aromatic rings. The molecule has 1 aliphatic rings. The van der Waals surface area contributed by atoms with E-state index in [0.29, 0.717) is 32.3 Å². The van der Waals surface area contributed by atoms with Crippen LogP contribution >= 0.6 is 11.3 Å². The predicted octanol–water partition coefficient (Wildman–Crippen LogP) is 3.12. The fourth-order valence-electron chi connectivity index (χ4n) is 3.57. The summed E-state index contributed by atoms with van der Waals surface area (Å²) in [6, 6.07) is 10.9. The molecule has 1 aliphatic heterocycles. The second-order valence-electron chi connectivity index (χ2n) is 7.41. The number of methoxy groups -OCH3 is 1. The molecule has 2 aromatic heterocycles. The van der Waals surface area contributed by atoms with Crippen LogP contribution in [0.15, 0.2) is 68.1 Å². The average molecular weight is 423 g/mol. The van der Waals surface area contributed by atoms with Crippen LogP contribution in [0.25, 0.3) is 6.08 Å². The van der Waals surface area contributed by atoms with Gasteiger partial charge in [0.2, 0.25) is 0 Å². The van der Waals surface area contributed by atoms with Crippen LogP contribution in [0.5, 0.6) is 0 Å². The highest BCUT2D eigenvalue weighted by atomic mass is 32.1. The molecule has 3 heterocycles. The third kappa shape index (κ3) is 3.45. The van der Waals surface area contributed by atoms with E-state index in [1.807, 2.05) is 24.3 Å². The topological polar surface area (TPSA) is 73.8 Å². The number of hydrogen-bond acceptors (Lipinski definition) is 6. The number of carbonyl (C=O) groups excluding carboxylic acids is 1. The van der Waals surface area contributed by atoms with Crippen LogP contribution in [-0.4, -0.2) is 17.6 Å². The summed E-state index contributed by atoms with van der Waals surface area (Å²) in [6.07, 6.45) is 3.25. The van der Waals surface area contributed by atoms with Crippen molar-refractivity contribution in [2.24, 2.45) is 4.99 Å². The van der Waals surface area contributed by atoms with Crippen molar-refractivity contribution in [1.82, 2.24) is 4.57 Å². The van der Waals surface area contributed by atoms with Crippen LogP contribution < -0.4 is 14.9 Å². The van der Waals surface area contributed by atoms with Gasteiger partial charge in [0, 0.05) is 6.08 Å². The Kier molecular flexibility index (Phi) is 5.30. The highest BCUT2D eigenvalue weighted by Crippen LogP contribution is 2.31. The van der Waals surface area contributed by atoms with Gasteiger partial charge in [-0.2, -0.15) is 0 Å². The third-order valence-electron chi connectivity index (χ3n) is 5.16. The van der Waals surface area contributed by atoms with Crippen molar-refractivity contribution >= 4 is 23.4 Å². The molecule has 0 saturated heterocycles. The molecule has 0 bridgehead atoms. The highest BCUT2D eigenvalue weighted by Gasteiger charge is 2.33. The lowest BCUT2D eigenvalue weighted by atomic mass is 9.93. The van der Waals surface area contributed by atoms with Crippen molar-refractivity contribution in [3.63, 3.8) is 0 Å². The molecule has 6 nitrogen and oxygen atoms in total. The van der Waals surface area contributed by atoms with Gasteiger partial charge in [0.1, 0.15) is 5.76 Å². The Morgan fingerprint density at radius 3 is 2.60 bits per heavy atom.